The number of aromatic nitrogens is 2. The van der Waals surface area contributed by atoms with Crippen molar-refractivity contribution in [1.29, 1.82) is 0 Å². The van der Waals surface area contributed by atoms with Crippen LogP contribution in [0.5, 0.6) is 0 Å². The van der Waals surface area contributed by atoms with E-state index in [0.717, 1.165) is 0 Å². The fourth-order valence-electron chi connectivity index (χ4n) is 1.81. The Morgan fingerprint density at radius 3 is 2.64 bits per heavy atom. The van der Waals surface area contributed by atoms with E-state index < -0.39 is 10.9 Å². The second kappa shape index (κ2) is 6.17. The molecule has 1 aromatic carbocycles. The lowest BCUT2D eigenvalue weighted by molar-refractivity contribution is -0.384. The number of benzene rings is 1. The molecule has 0 spiro atoms. The van der Waals surface area contributed by atoms with Crippen LogP contribution >= 0.6 is 0 Å². The van der Waals surface area contributed by atoms with Gasteiger partial charge in [0, 0.05) is 29.8 Å². The van der Waals surface area contributed by atoms with E-state index >= 15 is 0 Å². The van der Waals surface area contributed by atoms with Gasteiger partial charge in [-0.25, -0.2) is 14.8 Å². The van der Waals surface area contributed by atoms with Gasteiger partial charge in [0.15, 0.2) is 11.5 Å². The first kappa shape index (κ1) is 15.4. The third-order valence-corrected chi connectivity index (χ3v) is 2.70. The van der Waals surface area contributed by atoms with E-state index in [9.17, 15) is 14.9 Å². The molecule has 8 heteroatoms. The van der Waals surface area contributed by atoms with E-state index in [1.165, 1.54) is 24.3 Å². The van der Waals surface area contributed by atoms with E-state index in [1.807, 2.05) is 13.8 Å². The second-order valence-corrected chi connectivity index (χ2v) is 4.87. The van der Waals surface area contributed by atoms with Gasteiger partial charge in [-0.3, -0.25) is 10.1 Å². The van der Waals surface area contributed by atoms with E-state index in [2.05, 4.69) is 15.3 Å². The Morgan fingerprint density at radius 1 is 1.32 bits per heavy atom. The van der Waals surface area contributed by atoms with Crippen molar-refractivity contribution in [2.45, 2.75) is 19.9 Å². The first-order valence-corrected chi connectivity index (χ1v) is 6.50. The van der Waals surface area contributed by atoms with E-state index in [1.54, 1.807) is 6.07 Å². The number of rotatable bonds is 5. The topological polar surface area (TPSA) is 118 Å². The van der Waals surface area contributed by atoms with Gasteiger partial charge in [0.05, 0.1) is 4.92 Å². The van der Waals surface area contributed by atoms with Crippen LogP contribution in [-0.2, 0) is 0 Å². The van der Waals surface area contributed by atoms with Crippen molar-refractivity contribution in [2.24, 2.45) is 0 Å². The third kappa shape index (κ3) is 3.54. The SMILES string of the molecule is CC(C)Nc1cc(C(=O)O)nc(-c2cccc([N+](=O)[O-])c2)n1. The smallest absolute Gasteiger partial charge is 0.354 e. The first-order chi connectivity index (χ1) is 10.4. The number of hydrogen-bond acceptors (Lipinski definition) is 6. The zero-order valence-electron chi connectivity index (χ0n) is 12.0. The lowest BCUT2D eigenvalue weighted by Gasteiger charge is -2.11. The highest BCUT2D eigenvalue weighted by Crippen LogP contribution is 2.22. The monoisotopic (exact) mass is 302 g/mol. The van der Waals surface area contributed by atoms with Crippen LogP contribution in [-0.4, -0.2) is 32.0 Å². The Labute approximate surface area is 126 Å². The quantitative estimate of drug-likeness (QED) is 0.643. The largest absolute Gasteiger partial charge is 0.477 e. The first-order valence-electron chi connectivity index (χ1n) is 6.50. The molecule has 0 aliphatic carbocycles. The Balaban J connectivity index is 2.53. The summed E-state index contributed by atoms with van der Waals surface area (Å²) in [5, 5.41) is 23.0. The molecule has 2 rings (SSSR count). The molecule has 1 aromatic heterocycles. The van der Waals surface area contributed by atoms with Crippen molar-refractivity contribution >= 4 is 17.5 Å². The number of nitro benzene ring substituents is 1. The van der Waals surface area contributed by atoms with Gasteiger partial charge >= 0.3 is 5.97 Å². The summed E-state index contributed by atoms with van der Waals surface area (Å²) in [6.45, 7) is 3.77. The van der Waals surface area contributed by atoms with E-state index in [-0.39, 0.29) is 23.2 Å². The third-order valence-electron chi connectivity index (χ3n) is 2.70. The minimum Gasteiger partial charge on any atom is -0.477 e. The number of nitrogens with one attached hydrogen (secondary N) is 1. The molecule has 0 aliphatic rings. The standard InChI is InChI=1S/C14H14N4O4/c1-8(2)15-12-7-11(14(19)20)16-13(17-12)9-4-3-5-10(6-9)18(21)22/h3-8H,1-2H3,(H,19,20)(H,15,16,17). The van der Waals surface area contributed by atoms with Gasteiger partial charge in [0.25, 0.3) is 5.69 Å². The zero-order valence-corrected chi connectivity index (χ0v) is 12.0. The number of hydrogen-bond donors (Lipinski definition) is 2. The van der Waals surface area contributed by atoms with Crippen LogP contribution in [0, 0.1) is 10.1 Å². The molecule has 0 unspecified atom stereocenters. The summed E-state index contributed by atoms with van der Waals surface area (Å²) >= 11 is 0. The lowest BCUT2D eigenvalue weighted by atomic mass is 10.2. The average molecular weight is 302 g/mol. The number of nitrogens with zero attached hydrogens (tertiary/aromatic N) is 3. The molecule has 0 atom stereocenters. The zero-order chi connectivity index (χ0) is 16.3. The maximum atomic E-state index is 11.2. The van der Waals surface area contributed by atoms with Crippen LogP contribution in [0.4, 0.5) is 11.5 Å². The molecule has 0 radical (unpaired) electrons. The minimum absolute atomic E-state index is 0.0505. The van der Waals surface area contributed by atoms with Crippen molar-refractivity contribution in [3.63, 3.8) is 0 Å². The van der Waals surface area contributed by atoms with Gasteiger partial charge in [0.1, 0.15) is 5.82 Å². The summed E-state index contributed by atoms with van der Waals surface area (Å²) in [5.74, 6) is -0.725. The number of aromatic carboxylic acids is 1. The minimum atomic E-state index is -1.19. The molecule has 22 heavy (non-hydrogen) atoms. The number of nitro groups is 1. The summed E-state index contributed by atoms with van der Waals surface area (Å²) in [7, 11) is 0. The fraction of sp³-hybridized carbons (Fsp3) is 0.214. The normalized spacial score (nSPS) is 10.5. The highest BCUT2D eigenvalue weighted by atomic mass is 16.6. The summed E-state index contributed by atoms with van der Waals surface area (Å²) in [6.07, 6.45) is 0. The molecule has 0 fully saturated rings. The molecule has 0 amide bonds. The predicted octanol–water partition coefficient (Wildman–Crippen LogP) is 2.57. The average Bonchev–Trinajstić information content (AvgIpc) is 2.46. The van der Waals surface area contributed by atoms with Gasteiger partial charge in [0.2, 0.25) is 0 Å². The molecule has 2 N–H and O–H groups in total. The molecule has 8 nitrogen and oxygen atoms in total. The van der Waals surface area contributed by atoms with Crippen LogP contribution in [0.3, 0.4) is 0 Å². The lowest BCUT2D eigenvalue weighted by Crippen LogP contribution is -2.13. The van der Waals surface area contributed by atoms with Gasteiger partial charge < -0.3 is 10.4 Å². The highest BCUT2D eigenvalue weighted by molar-refractivity contribution is 5.87. The van der Waals surface area contributed by atoms with Crippen LogP contribution in [0.1, 0.15) is 24.3 Å². The van der Waals surface area contributed by atoms with Crippen molar-refractivity contribution in [1.82, 2.24) is 9.97 Å². The predicted molar refractivity (Wildman–Crippen MR) is 79.8 cm³/mol. The van der Waals surface area contributed by atoms with Gasteiger partial charge in [-0.05, 0) is 13.8 Å². The highest BCUT2D eigenvalue weighted by Gasteiger charge is 2.14. The molecular formula is C14H14N4O4. The second-order valence-electron chi connectivity index (χ2n) is 4.87. The van der Waals surface area contributed by atoms with Crippen molar-refractivity contribution in [3.8, 4) is 11.4 Å². The maximum absolute atomic E-state index is 11.2. The molecule has 0 aliphatic heterocycles. The Hall–Kier alpha value is -3.03. The van der Waals surface area contributed by atoms with E-state index in [0.29, 0.717) is 11.4 Å². The fourth-order valence-corrected chi connectivity index (χ4v) is 1.81. The summed E-state index contributed by atoms with van der Waals surface area (Å²) in [4.78, 5) is 29.6. The molecule has 1 heterocycles. The molecular weight excluding hydrogens is 288 g/mol. The number of anilines is 1. The van der Waals surface area contributed by atoms with Crippen LogP contribution < -0.4 is 5.32 Å². The molecule has 0 saturated heterocycles. The molecule has 2 aromatic rings. The number of carbonyl (C=O) groups is 1. The molecule has 114 valence electrons. The molecule has 0 saturated carbocycles. The van der Waals surface area contributed by atoms with Gasteiger partial charge in [-0.15, -0.1) is 0 Å². The number of carboxylic acids is 1. The Bertz CT molecular complexity index is 731. The maximum Gasteiger partial charge on any atom is 0.354 e. The number of carboxylic acid groups (broad SMARTS) is 1. The van der Waals surface area contributed by atoms with Gasteiger partial charge in [-0.1, -0.05) is 12.1 Å². The van der Waals surface area contributed by atoms with Crippen LogP contribution in [0.25, 0.3) is 11.4 Å². The van der Waals surface area contributed by atoms with Crippen molar-refractivity contribution < 1.29 is 14.8 Å². The Kier molecular flexibility index (Phi) is 4.31. The summed E-state index contributed by atoms with van der Waals surface area (Å²) < 4.78 is 0. The van der Waals surface area contributed by atoms with Crippen LogP contribution in [0.2, 0.25) is 0 Å². The van der Waals surface area contributed by atoms with Crippen LogP contribution in [0.15, 0.2) is 30.3 Å². The van der Waals surface area contributed by atoms with Gasteiger partial charge in [-0.2, -0.15) is 0 Å². The summed E-state index contributed by atoms with van der Waals surface area (Å²) in [6, 6.07) is 7.11. The molecule has 0 bridgehead atoms. The number of non-ortho nitro benzene ring substituents is 1. The van der Waals surface area contributed by atoms with E-state index in [4.69, 9.17) is 5.11 Å². The summed E-state index contributed by atoms with van der Waals surface area (Å²) in [5.41, 5.74) is 0.0870. The Morgan fingerprint density at radius 2 is 2.05 bits per heavy atom. The van der Waals surface area contributed by atoms with Crippen molar-refractivity contribution in [3.05, 3.63) is 46.1 Å². The van der Waals surface area contributed by atoms with Crippen molar-refractivity contribution in [2.75, 3.05) is 5.32 Å².